The molecule has 1 aromatic carbocycles. The number of benzene rings is 1. The molecule has 0 saturated heterocycles. The van der Waals surface area contributed by atoms with E-state index in [0.29, 0.717) is 17.4 Å². The van der Waals surface area contributed by atoms with Crippen molar-refractivity contribution in [3.63, 3.8) is 0 Å². The van der Waals surface area contributed by atoms with Crippen molar-refractivity contribution < 1.29 is 0 Å². The number of nitrogens with one attached hydrogen (secondary N) is 2. The van der Waals surface area contributed by atoms with Crippen LogP contribution in [-0.2, 0) is 0 Å². The minimum absolute atomic E-state index is 0.0585. The van der Waals surface area contributed by atoms with Crippen LogP contribution in [0.2, 0.25) is 0 Å². The molecule has 2 unspecified atom stereocenters. The Balaban J connectivity index is 1.61. The molecule has 3 rings (SSSR count). The van der Waals surface area contributed by atoms with E-state index in [1.54, 1.807) is 0 Å². The summed E-state index contributed by atoms with van der Waals surface area (Å²) in [4.78, 5) is 0. The van der Waals surface area contributed by atoms with Crippen molar-refractivity contribution in [3.8, 4) is 0 Å². The Morgan fingerprint density at radius 3 is 2.74 bits per heavy atom. The van der Waals surface area contributed by atoms with Gasteiger partial charge < -0.3 is 11.2 Å². The maximum Gasteiger partial charge on any atom is 0.176 e. The molecule has 0 heterocycles. The van der Waals surface area contributed by atoms with Crippen molar-refractivity contribution in [1.29, 1.82) is 5.41 Å². The van der Waals surface area contributed by atoms with Crippen LogP contribution in [-0.4, -0.2) is 12.4 Å². The number of fused-ring (bicyclic) bond motifs is 1. The number of nitrogens with zero attached hydrogens (tertiary/aromatic N) is 2. The summed E-state index contributed by atoms with van der Waals surface area (Å²) in [5.41, 5.74) is 3.07. The molecule has 5 nitrogen and oxygen atoms in total. The normalized spacial score (nSPS) is 22.0. The third-order valence-corrected chi connectivity index (χ3v) is 4.07. The zero-order valence-corrected chi connectivity index (χ0v) is 12.7. The van der Waals surface area contributed by atoms with Gasteiger partial charge in [-0.3, -0.25) is 5.41 Å². The third-order valence-electron chi connectivity index (χ3n) is 4.07. The first kappa shape index (κ1) is 15.0. The van der Waals surface area contributed by atoms with Crippen molar-refractivity contribution in [2.75, 3.05) is 11.9 Å². The summed E-state index contributed by atoms with van der Waals surface area (Å²) in [6.45, 7) is 0.857. The molecule has 0 amide bonds. The highest BCUT2D eigenvalue weighted by atomic mass is 15.3. The molecule has 2 aliphatic carbocycles. The van der Waals surface area contributed by atoms with Crippen molar-refractivity contribution in [1.82, 2.24) is 0 Å². The largest absolute Gasteiger partial charge is 0.384 e. The summed E-state index contributed by atoms with van der Waals surface area (Å²) in [6, 6.07) is 7.56. The highest BCUT2D eigenvalue weighted by Crippen LogP contribution is 2.31. The van der Waals surface area contributed by atoms with Crippen LogP contribution in [0.5, 0.6) is 0 Å². The van der Waals surface area contributed by atoms with Crippen LogP contribution in [0.4, 0.5) is 5.69 Å². The van der Waals surface area contributed by atoms with E-state index in [-0.39, 0.29) is 5.84 Å². The van der Waals surface area contributed by atoms with Crippen LogP contribution < -0.4 is 11.2 Å². The average molecular weight is 305 g/mol. The quantitative estimate of drug-likeness (QED) is 0.261. The van der Waals surface area contributed by atoms with Gasteiger partial charge in [0.25, 0.3) is 0 Å². The van der Waals surface area contributed by atoms with Gasteiger partial charge in [-0.2, -0.15) is 0 Å². The SMILES string of the molecule is N=C(N=NN)c1ccc(NCC2C=CC=C3C=CC=CC32)cc1. The monoisotopic (exact) mass is 305 g/mol. The molecule has 5 heteroatoms. The summed E-state index contributed by atoms with van der Waals surface area (Å²) in [5.74, 6) is 5.89. The van der Waals surface area contributed by atoms with E-state index in [1.807, 2.05) is 24.3 Å². The van der Waals surface area contributed by atoms with E-state index in [4.69, 9.17) is 11.3 Å². The second kappa shape index (κ2) is 6.87. The number of amidine groups is 1. The maximum atomic E-state index is 7.67. The molecule has 0 aliphatic heterocycles. The van der Waals surface area contributed by atoms with E-state index in [1.165, 1.54) is 5.57 Å². The number of nitrogens with two attached hydrogens (primary N) is 1. The van der Waals surface area contributed by atoms with Gasteiger partial charge in [0.05, 0.1) is 0 Å². The van der Waals surface area contributed by atoms with Gasteiger partial charge in [-0.25, -0.2) is 0 Å². The van der Waals surface area contributed by atoms with Gasteiger partial charge in [0.2, 0.25) is 0 Å². The molecule has 116 valence electrons. The Bertz CT molecular complexity index is 722. The number of hydrogen-bond donors (Lipinski definition) is 3. The minimum Gasteiger partial charge on any atom is -0.384 e. The number of rotatable bonds is 4. The van der Waals surface area contributed by atoms with Crippen molar-refractivity contribution in [2.24, 2.45) is 28.0 Å². The zero-order valence-electron chi connectivity index (χ0n) is 12.7. The van der Waals surface area contributed by atoms with Gasteiger partial charge in [0, 0.05) is 29.6 Å². The molecule has 0 spiro atoms. The van der Waals surface area contributed by atoms with Gasteiger partial charge in [-0.05, 0) is 29.8 Å². The highest BCUT2D eigenvalue weighted by molar-refractivity contribution is 5.96. The molecule has 1 aromatic rings. The van der Waals surface area contributed by atoms with Gasteiger partial charge in [0.1, 0.15) is 0 Å². The van der Waals surface area contributed by atoms with E-state index in [2.05, 4.69) is 58.2 Å². The molecular weight excluding hydrogens is 286 g/mol. The summed E-state index contributed by atoms with van der Waals surface area (Å²) < 4.78 is 0. The van der Waals surface area contributed by atoms with Crippen LogP contribution in [0, 0.1) is 17.2 Å². The maximum absolute atomic E-state index is 7.67. The fourth-order valence-corrected chi connectivity index (χ4v) is 2.85. The van der Waals surface area contributed by atoms with Gasteiger partial charge in [-0.1, -0.05) is 47.8 Å². The predicted molar refractivity (Wildman–Crippen MR) is 93.3 cm³/mol. The molecular formula is C18H19N5. The number of anilines is 1. The lowest BCUT2D eigenvalue weighted by Crippen LogP contribution is -2.23. The van der Waals surface area contributed by atoms with Gasteiger partial charge in [0.15, 0.2) is 5.84 Å². The third kappa shape index (κ3) is 3.45. The first-order valence-electron chi connectivity index (χ1n) is 7.55. The fourth-order valence-electron chi connectivity index (χ4n) is 2.85. The van der Waals surface area contributed by atoms with Gasteiger partial charge >= 0.3 is 0 Å². The highest BCUT2D eigenvalue weighted by Gasteiger charge is 2.22. The first-order chi connectivity index (χ1) is 11.3. The summed E-state index contributed by atoms with van der Waals surface area (Å²) in [7, 11) is 0. The fraction of sp³-hybridized carbons (Fsp3) is 0.167. The summed E-state index contributed by atoms with van der Waals surface area (Å²) in [6.07, 6.45) is 15.2. The molecule has 23 heavy (non-hydrogen) atoms. The lowest BCUT2D eigenvalue weighted by atomic mass is 9.80. The molecule has 0 bridgehead atoms. The molecule has 4 N–H and O–H groups in total. The second-order valence-corrected chi connectivity index (χ2v) is 5.51. The Labute approximate surface area is 135 Å². The van der Waals surface area contributed by atoms with Crippen LogP contribution in [0.15, 0.2) is 82.7 Å². The number of hydrogen-bond acceptors (Lipinski definition) is 3. The summed E-state index contributed by atoms with van der Waals surface area (Å²) >= 11 is 0. The van der Waals surface area contributed by atoms with E-state index >= 15 is 0 Å². The van der Waals surface area contributed by atoms with Crippen molar-refractivity contribution in [2.45, 2.75) is 0 Å². The van der Waals surface area contributed by atoms with E-state index in [0.717, 1.165) is 12.2 Å². The molecule has 2 atom stereocenters. The first-order valence-corrected chi connectivity index (χ1v) is 7.55. The second-order valence-electron chi connectivity index (χ2n) is 5.51. The van der Waals surface area contributed by atoms with E-state index < -0.39 is 0 Å². The van der Waals surface area contributed by atoms with E-state index in [9.17, 15) is 0 Å². The topological polar surface area (TPSA) is 86.6 Å². The minimum atomic E-state index is 0.0585. The van der Waals surface area contributed by atoms with Crippen molar-refractivity contribution >= 4 is 11.5 Å². The lowest BCUT2D eigenvalue weighted by molar-refractivity contribution is 0.558. The zero-order chi connectivity index (χ0) is 16.1. The Hall–Kier alpha value is -2.95. The molecule has 0 saturated carbocycles. The van der Waals surface area contributed by atoms with Gasteiger partial charge in [-0.15, -0.1) is 5.11 Å². The van der Waals surface area contributed by atoms with Crippen LogP contribution >= 0.6 is 0 Å². The summed E-state index contributed by atoms with van der Waals surface area (Å²) in [5, 5.41) is 17.8. The lowest BCUT2D eigenvalue weighted by Gasteiger charge is -2.28. The number of allylic oxidation sites excluding steroid dienone is 7. The smallest absolute Gasteiger partial charge is 0.176 e. The average Bonchev–Trinajstić information content (AvgIpc) is 2.60. The standard InChI is InChI=1S/C18H19N5/c19-18(22-23-20)14-8-10-16(11-9-14)21-12-15-6-3-5-13-4-1-2-7-17(13)15/h1-11,15,17,21H,12H2,(H3,19,20,22). The molecule has 0 radical (unpaired) electrons. The van der Waals surface area contributed by atoms with Crippen LogP contribution in [0.25, 0.3) is 0 Å². The Kier molecular flexibility index (Phi) is 4.47. The van der Waals surface area contributed by atoms with Crippen molar-refractivity contribution in [3.05, 3.63) is 77.9 Å². The molecule has 2 aliphatic rings. The Morgan fingerprint density at radius 1 is 1.13 bits per heavy atom. The molecule has 0 fully saturated rings. The Morgan fingerprint density at radius 2 is 1.96 bits per heavy atom. The van der Waals surface area contributed by atoms with Crippen LogP contribution in [0.3, 0.4) is 0 Å². The van der Waals surface area contributed by atoms with Crippen LogP contribution in [0.1, 0.15) is 5.56 Å². The molecule has 0 aromatic heterocycles. The predicted octanol–water partition coefficient (Wildman–Crippen LogP) is 3.60.